The first-order valence-corrected chi connectivity index (χ1v) is 10.6. The van der Waals surface area contributed by atoms with Crippen LogP contribution in [0.25, 0.3) is 0 Å². The van der Waals surface area contributed by atoms with Gasteiger partial charge < -0.3 is 19.7 Å². The van der Waals surface area contributed by atoms with Crippen molar-refractivity contribution in [2.75, 3.05) is 32.6 Å². The van der Waals surface area contributed by atoms with Crippen LogP contribution in [0, 0.1) is 12.7 Å². The fourth-order valence-corrected chi connectivity index (χ4v) is 4.64. The maximum Gasteiger partial charge on any atom is 0.321 e. The third-order valence-electron chi connectivity index (χ3n) is 5.70. The Labute approximate surface area is 184 Å². The minimum absolute atomic E-state index is 0.273. The van der Waals surface area contributed by atoms with Gasteiger partial charge in [-0.3, -0.25) is 0 Å². The molecule has 1 aromatic heterocycles. The molecule has 9 heteroatoms. The molecule has 1 atom stereocenters. The molecule has 1 N–H and O–H groups in total. The molecular weight excluding hydrogens is 419 g/mol. The molecule has 1 aliphatic rings. The van der Waals surface area contributed by atoms with Gasteiger partial charge in [-0.15, -0.1) is 0 Å². The predicted molar refractivity (Wildman–Crippen MR) is 117 cm³/mol. The lowest BCUT2D eigenvalue weighted by Crippen LogP contribution is -2.37. The zero-order valence-corrected chi connectivity index (χ0v) is 18.3. The summed E-state index contributed by atoms with van der Waals surface area (Å²) >= 11 is 1.27. The number of aryl methyl sites for hydroxylation is 1. The highest BCUT2D eigenvalue weighted by Crippen LogP contribution is 2.42. The van der Waals surface area contributed by atoms with Gasteiger partial charge in [-0.1, -0.05) is 12.1 Å². The summed E-state index contributed by atoms with van der Waals surface area (Å²) in [6.07, 6.45) is 2.11. The standard InChI is InChI=1S/C22H23FN4O3S/c1-14-4-5-15(10-17(14)23)22(20-24-13-25-31-20)8-9-27(12-22)21(28)26-18-11-16(29-2)6-7-19(18)30-3/h4-7,10-11,13H,8-9,12H2,1-3H3,(H,26,28). The van der Waals surface area contributed by atoms with E-state index in [-0.39, 0.29) is 11.8 Å². The fourth-order valence-electron chi connectivity index (χ4n) is 3.90. The molecule has 0 spiro atoms. The number of hydrogen-bond acceptors (Lipinski definition) is 6. The van der Waals surface area contributed by atoms with E-state index >= 15 is 0 Å². The Balaban J connectivity index is 1.62. The van der Waals surface area contributed by atoms with Crippen molar-refractivity contribution in [1.29, 1.82) is 0 Å². The van der Waals surface area contributed by atoms with Crippen molar-refractivity contribution in [2.24, 2.45) is 0 Å². The van der Waals surface area contributed by atoms with Gasteiger partial charge in [-0.25, -0.2) is 14.2 Å². The van der Waals surface area contributed by atoms with Crippen LogP contribution in [0.3, 0.4) is 0 Å². The number of benzene rings is 2. The minimum Gasteiger partial charge on any atom is -0.497 e. The summed E-state index contributed by atoms with van der Waals surface area (Å²) < 4.78 is 29.1. The number of ether oxygens (including phenoxy) is 2. The van der Waals surface area contributed by atoms with E-state index in [1.165, 1.54) is 17.9 Å². The summed E-state index contributed by atoms with van der Waals surface area (Å²) in [5, 5.41) is 3.68. The first-order chi connectivity index (χ1) is 15.0. The van der Waals surface area contributed by atoms with Gasteiger partial charge in [-0.2, -0.15) is 4.37 Å². The highest BCUT2D eigenvalue weighted by Gasteiger charge is 2.45. The third-order valence-corrected chi connectivity index (χ3v) is 6.57. The molecule has 3 aromatic rings. The molecule has 1 unspecified atom stereocenters. The van der Waals surface area contributed by atoms with E-state index in [1.807, 2.05) is 6.07 Å². The van der Waals surface area contributed by atoms with Gasteiger partial charge in [0.25, 0.3) is 0 Å². The zero-order valence-electron chi connectivity index (χ0n) is 17.5. The number of amides is 2. The largest absolute Gasteiger partial charge is 0.497 e. The van der Waals surface area contributed by atoms with E-state index in [0.717, 1.165) is 10.6 Å². The summed E-state index contributed by atoms with van der Waals surface area (Å²) in [5.41, 5.74) is 1.28. The van der Waals surface area contributed by atoms with Crippen LogP contribution in [-0.2, 0) is 5.41 Å². The Morgan fingerprint density at radius 1 is 1.23 bits per heavy atom. The molecular formula is C22H23FN4O3S. The van der Waals surface area contributed by atoms with Crippen LogP contribution in [0.4, 0.5) is 14.9 Å². The lowest BCUT2D eigenvalue weighted by molar-refractivity contribution is 0.220. The molecule has 1 fully saturated rings. The normalized spacial score (nSPS) is 18.1. The second-order valence-corrected chi connectivity index (χ2v) is 8.24. The summed E-state index contributed by atoms with van der Waals surface area (Å²) in [4.78, 5) is 19.2. The molecule has 4 rings (SSSR count). The van der Waals surface area contributed by atoms with Crippen molar-refractivity contribution in [3.8, 4) is 11.5 Å². The lowest BCUT2D eigenvalue weighted by Gasteiger charge is -2.28. The SMILES string of the molecule is COc1ccc(OC)c(NC(=O)N2CCC(c3ccc(C)c(F)c3)(c3ncns3)C2)c1. The highest BCUT2D eigenvalue weighted by atomic mass is 32.1. The molecule has 2 aromatic carbocycles. The summed E-state index contributed by atoms with van der Waals surface area (Å²) in [6, 6.07) is 10.1. The van der Waals surface area contributed by atoms with Crippen LogP contribution in [0.15, 0.2) is 42.7 Å². The number of nitrogens with one attached hydrogen (secondary N) is 1. The molecule has 7 nitrogen and oxygen atoms in total. The molecule has 31 heavy (non-hydrogen) atoms. The van der Waals surface area contributed by atoms with Crippen molar-refractivity contribution in [1.82, 2.24) is 14.3 Å². The second kappa shape index (κ2) is 8.50. The Hall–Kier alpha value is -3.20. The summed E-state index contributed by atoms with van der Waals surface area (Å²) in [7, 11) is 3.10. The number of carbonyl (C=O) groups excluding carboxylic acids is 1. The number of likely N-dealkylation sites (tertiary alicyclic amines) is 1. The van der Waals surface area contributed by atoms with Crippen molar-refractivity contribution in [2.45, 2.75) is 18.8 Å². The average molecular weight is 443 g/mol. The fraction of sp³-hybridized carbons (Fsp3) is 0.318. The van der Waals surface area contributed by atoms with Crippen molar-refractivity contribution in [3.05, 3.63) is 64.7 Å². The van der Waals surface area contributed by atoms with Gasteiger partial charge >= 0.3 is 6.03 Å². The lowest BCUT2D eigenvalue weighted by atomic mass is 9.80. The van der Waals surface area contributed by atoms with Crippen LogP contribution in [0.2, 0.25) is 0 Å². The number of rotatable bonds is 5. The number of methoxy groups -OCH3 is 2. The van der Waals surface area contributed by atoms with Crippen LogP contribution >= 0.6 is 11.5 Å². The minimum atomic E-state index is -0.606. The number of carbonyl (C=O) groups is 1. The smallest absolute Gasteiger partial charge is 0.321 e. The molecule has 2 amide bonds. The van der Waals surface area contributed by atoms with E-state index in [0.29, 0.717) is 42.3 Å². The van der Waals surface area contributed by atoms with E-state index in [9.17, 15) is 9.18 Å². The number of halogens is 1. The van der Waals surface area contributed by atoms with E-state index < -0.39 is 5.41 Å². The van der Waals surface area contributed by atoms with Crippen molar-refractivity contribution >= 4 is 23.3 Å². The molecule has 1 saturated heterocycles. The molecule has 0 saturated carbocycles. The van der Waals surface area contributed by atoms with Gasteiger partial charge in [0.1, 0.15) is 28.7 Å². The predicted octanol–water partition coefficient (Wildman–Crippen LogP) is 4.23. The average Bonchev–Trinajstić information content (AvgIpc) is 3.46. The number of anilines is 1. The van der Waals surface area contributed by atoms with Crippen LogP contribution < -0.4 is 14.8 Å². The van der Waals surface area contributed by atoms with Gasteiger partial charge in [0, 0.05) is 19.2 Å². The van der Waals surface area contributed by atoms with E-state index in [2.05, 4.69) is 14.7 Å². The van der Waals surface area contributed by atoms with E-state index in [1.54, 1.807) is 56.4 Å². The van der Waals surface area contributed by atoms with Gasteiger partial charge in [0.15, 0.2) is 0 Å². The van der Waals surface area contributed by atoms with Gasteiger partial charge in [-0.05, 0) is 54.2 Å². The maximum atomic E-state index is 14.4. The maximum absolute atomic E-state index is 14.4. The number of nitrogens with zero attached hydrogens (tertiary/aromatic N) is 3. The zero-order chi connectivity index (χ0) is 22.0. The van der Waals surface area contributed by atoms with Gasteiger partial charge in [0.05, 0.1) is 25.3 Å². The second-order valence-electron chi connectivity index (χ2n) is 7.46. The molecule has 0 radical (unpaired) electrons. The van der Waals surface area contributed by atoms with Crippen LogP contribution in [-0.4, -0.2) is 47.6 Å². The Morgan fingerprint density at radius 3 is 2.74 bits per heavy atom. The summed E-state index contributed by atoms with van der Waals surface area (Å²) in [6.45, 7) is 2.59. The number of urea groups is 1. The quantitative estimate of drug-likeness (QED) is 0.640. The molecule has 162 valence electrons. The first kappa shape index (κ1) is 21.0. The van der Waals surface area contributed by atoms with Crippen LogP contribution in [0.5, 0.6) is 11.5 Å². The Kier molecular flexibility index (Phi) is 5.77. The van der Waals surface area contributed by atoms with Crippen LogP contribution in [0.1, 0.15) is 22.6 Å². The third kappa shape index (κ3) is 3.93. The highest BCUT2D eigenvalue weighted by molar-refractivity contribution is 7.05. The van der Waals surface area contributed by atoms with Crippen molar-refractivity contribution < 1.29 is 18.7 Å². The molecule has 1 aliphatic heterocycles. The molecule has 2 heterocycles. The van der Waals surface area contributed by atoms with Crippen molar-refractivity contribution in [3.63, 3.8) is 0 Å². The first-order valence-electron chi connectivity index (χ1n) is 9.78. The number of aromatic nitrogens is 2. The van der Waals surface area contributed by atoms with E-state index in [4.69, 9.17) is 9.47 Å². The van der Waals surface area contributed by atoms with Gasteiger partial charge in [0.2, 0.25) is 0 Å². The Morgan fingerprint density at radius 2 is 2.06 bits per heavy atom. The molecule has 0 bridgehead atoms. The topological polar surface area (TPSA) is 76.6 Å². The Bertz CT molecular complexity index is 1090. The molecule has 0 aliphatic carbocycles. The monoisotopic (exact) mass is 442 g/mol. The summed E-state index contributed by atoms with van der Waals surface area (Å²) in [5.74, 6) is 0.866. The number of hydrogen-bond donors (Lipinski definition) is 1.